The molecular weight excluding hydrogens is 713 g/mol. The van der Waals surface area contributed by atoms with Crippen molar-refractivity contribution in [1.29, 1.82) is 0 Å². The Kier molecular flexibility index (Phi) is 14.4. The molecule has 1 fully saturated rings. The minimum atomic E-state index is -5.08. The van der Waals surface area contributed by atoms with Gasteiger partial charge in [0.1, 0.15) is 17.2 Å². The predicted molar refractivity (Wildman–Crippen MR) is 166 cm³/mol. The van der Waals surface area contributed by atoms with E-state index in [1.165, 1.54) is 9.47 Å². The van der Waals surface area contributed by atoms with E-state index in [9.17, 15) is 45.9 Å². The third kappa shape index (κ3) is 11.4. The van der Waals surface area contributed by atoms with Crippen LogP contribution in [0.4, 0.5) is 26.7 Å². The van der Waals surface area contributed by atoms with Gasteiger partial charge in [0.05, 0.1) is 19.2 Å². The van der Waals surface area contributed by atoms with Crippen molar-refractivity contribution in [1.82, 2.24) is 25.0 Å². The first kappa shape index (κ1) is 41.1. The van der Waals surface area contributed by atoms with Crippen LogP contribution < -0.4 is 20.8 Å². The Morgan fingerprint density at radius 2 is 1.77 bits per heavy atom. The summed E-state index contributed by atoms with van der Waals surface area (Å²) in [5, 5.41) is 12.1. The molecule has 0 bridgehead atoms. The number of benzene rings is 1. The van der Waals surface area contributed by atoms with Crippen molar-refractivity contribution < 1.29 is 70.0 Å². The molecular formula is C31H36F5N5O11. The van der Waals surface area contributed by atoms with Gasteiger partial charge in [-0.3, -0.25) is 19.2 Å². The molecule has 4 rings (SSSR count). The van der Waals surface area contributed by atoms with Crippen LogP contribution >= 0.6 is 0 Å². The molecule has 21 heteroatoms. The molecule has 2 aromatic rings. The summed E-state index contributed by atoms with van der Waals surface area (Å²) in [6, 6.07) is 2.53. The molecule has 1 aromatic carbocycles. The molecule has 0 saturated carbocycles. The molecule has 16 nitrogen and oxygen atoms in total. The summed E-state index contributed by atoms with van der Waals surface area (Å²) in [4.78, 5) is 76.2. The number of aromatic nitrogens is 1. The highest BCUT2D eigenvalue weighted by atomic mass is 19.4. The number of amides is 3. The fourth-order valence-electron chi connectivity index (χ4n) is 4.83. The highest BCUT2D eigenvalue weighted by Crippen LogP contribution is 2.30. The van der Waals surface area contributed by atoms with Crippen molar-refractivity contribution in [3.8, 4) is 5.75 Å². The Hall–Kier alpha value is -5.31. The number of fused-ring (bicyclic) bond motifs is 2. The van der Waals surface area contributed by atoms with Crippen LogP contribution in [0.3, 0.4) is 0 Å². The maximum absolute atomic E-state index is 14.1. The summed E-state index contributed by atoms with van der Waals surface area (Å²) in [6.07, 6.45) is -4.24. The van der Waals surface area contributed by atoms with Crippen LogP contribution in [-0.2, 0) is 36.9 Å². The number of ether oxygens (including phenoxy) is 4. The van der Waals surface area contributed by atoms with Crippen LogP contribution in [0.15, 0.2) is 29.2 Å². The van der Waals surface area contributed by atoms with E-state index in [0.29, 0.717) is 12.6 Å². The number of unbranched alkanes of at least 4 members (excludes halogenated alkanes) is 1. The van der Waals surface area contributed by atoms with Gasteiger partial charge in [-0.15, -0.1) is 0 Å². The maximum atomic E-state index is 14.1. The lowest BCUT2D eigenvalue weighted by Crippen LogP contribution is -2.49. The van der Waals surface area contributed by atoms with E-state index in [1.807, 2.05) is 19.0 Å². The number of hydrogen-bond donors (Lipinski definition) is 3. The molecule has 3 heterocycles. The Morgan fingerprint density at radius 3 is 2.40 bits per heavy atom. The first-order valence-electron chi connectivity index (χ1n) is 15.5. The van der Waals surface area contributed by atoms with Gasteiger partial charge in [0.15, 0.2) is 18.5 Å². The highest BCUT2D eigenvalue weighted by molar-refractivity contribution is 5.99. The normalized spacial score (nSPS) is 16.2. The van der Waals surface area contributed by atoms with Crippen LogP contribution in [0.5, 0.6) is 5.75 Å². The lowest BCUT2D eigenvalue weighted by atomic mass is 10.1. The number of hydrogen-bond acceptors (Lipinski definition) is 11. The van der Waals surface area contributed by atoms with Gasteiger partial charge >= 0.3 is 18.3 Å². The standard InChI is InChI=1S/C29H35F2N5O9.C2HF3O2/c1-17-14-42-23-13-35-12-20(27(39)33-11-18-6-7-19(30)10-21(18)31)25(38)26(24(35)28(40)36(17)23)44-16-45-29(41)43-15-22(37)32-8-4-5-9-34(2)3;3-2(4,5)1(6)7/h6-7,10,12,17,23H,4-5,8-9,11,13-16H2,1-3H3,(H,32,37)(H,33,39);(H,6,7)/t17-,23+;/m0./s1. The number of halogens is 5. The maximum Gasteiger partial charge on any atom is 0.511 e. The number of pyridine rings is 1. The number of carbonyl (C=O) groups is 5. The van der Waals surface area contributed by atoms with E-state index in [0.717, 1.165) is 37.7 Å². The molecule has 1 aromatic heterocycles. The topological polar surface area (TPSA) is 195 Å². The van der Waals surface area contributed by atoms with Gasteiger partial charge in [-0.25, -0.2) is 18.4 Å². The van der Waals surface area contributed by atoms with Crippen LogP contribution in [0, 0.1) is 11.6 Å². The number of nitrogens with one attached hydrogen (secondary N) is 2. The van der Waals surface area contributed by atoms with Crippen LogP contribution in [0.1, 0.15) is 46.2 Å². The zero-order chi connectivity index (χ0) is 38.7. The second kappa shape index (κ2) is 18.3. The van der Waals surface area contributed by atoms with Crippen molar-refractivity contribution >= 4 is 29.8 Å². The van der Waals surface area contributed by atoms with Crippen molar-refractivity contribution in [3.63, 3.8) is 0 Å². The van der Waals surface area contributed by atoms with Gasteiger partial charge in [-0.2, -0.15) is 13.2 Å². The van der Waals surface area contributed by atoms with Crippen molar-refractivity contribution in [2.75, 3.05) is 47.2 Å². The lowest BCUT2D eigenvalue weighted by Gasteiger charge is -2.34. The average molecular weight is 750 g/mol. The van der Waals surface area contributed by atoms with E-state index < -0.39 is 84.0 Å². The summed E-state index contributed by atoms with van der Waals surface area (Å²) in [7, 11) is 3.89. The van der Waals surface area contributed by atoms with Crippen LogP contribution in [0.25, 0.3) is 0 Å². The van der Waals surface area contributed by atoms with Gasteiger partial charge < -0.3 is 49.1 Å². The van der Waals surface area contributed by atoms with E-state index >= 15 is 0 Å². The largest absolute Gasteiger partial charge is 0.511 e. The minimum absolute atomic E-state index is 0.0247. The minimum Gasteiger partial charge on any atom is -0.475 e. The van der Waals surface area contributed by atoms with Gasteiger partial charge in [0, 0.05) is 30.9 Å². The number of carboxylic acid groups (broad SMARTS) is 1. The van der Waals surface area contributed by atoms with Crippen molar-refractivity contribution in [2.45, 2.75) is 51.3 Å². The zero-order valence-electron chi connectivity index (χ0n) is 28.1. The molecule has 2 aliphatic heterocycles. The molecule has 286 valence electrons. The Labute approximate surface area is 292 Å². The molecule has 52 heavy (non-hydrogen) atoms. The van der Waals surface area contributed by atoms with Gasteiger partial charge in [-0.1, -0.05) is 6.07 Å². The summed E-state index contributed by atoms with van der Waals surface area (Å²) >= 11 is 0. The van der Waals surface area contributed by atoms with Gasteiger partial charge in [0.2, 0.25) is 18.0 Å². The third-order valence-electron chi connectivity index (χ3n) is 7.34. The summed E-state index contributed by atoms with van der Waals surface area (Å²) in [5.41, 5.74) is -1.67. The van der Waals surface area contributed by atoms with Crippen molar-refractivity contribution in [3.05, 3.63) is 63.1 Å². The Bertz CT molecular complexity index is 1700. The first-order chi connectivity index (χ1) is 24.4. The fourth-order valence-corrected chi connectivity index (χ4v) is 4.83. The monoisotopic (exact) mass is 749 g/mol. The molecule has 1 saturated heterocycles. The number of rotatable bonds is 13. The average Bonchev–Trinajstić information content (AvgIpc) is 3.43. The van der Waals surface area contributed by atoms with Crippen LogP contribution in [-0.4, -0.2) is 115 Å². The number of aliphatic carboxylic acids is 1. The molecule has 0 aliphatic carbocycles. The van der Waals surface area contributed by atoms with E-state index in [2.05, 4.69) is 10.6 Å². The molecule has 2 atom stereocenters. The summed E-state index contributed by atoms with van der Waals surface area (Å²) in [5.74, 6) is -7.07. The SMILES string of the molecule is C[C@H]1CO[C@@H]2Cn3cc(C(=O)NCc4ccc(F)cc4F)c(=O)c(OCOC(=O)OCC(=O)NCCCCN(C)C)c3C(=O)N12.O=C(O)C(F)(F)F. The summed E-state index contributed by atoms with van der Waals surface area (Å²) < 4.78 is 81.1. The highest BCUT2D eigenvalue weighted by Gasteiger charge is 2.43. The molecule has 0 spiro atoms. The third-order valence-corrected chi connectivity index (χ3v) is 7.34. The van der Waals surface area contributed by atoms with E-state index in [1.54, 1.807) is 6.92 Å². The number of nitrogens with zero attached hydrogens (tertiary/aromatic N) is 3. The lowest BCUT2D eigenvalue weighted by molar-refractivity contribution is -0.192. The van der Waals surface area contributed by atoms with Crippen molar-refractivity contribution in [2.24, 2.45) is 0 Å². The second-order valence-electron chi connectivity index (χ2n) is 11.6. The van der Waals surface area contributed by atoms with Crippen LogP contribution in [0.2, 0.25) is 0 Å². The summed E-state index contributed by atoms with van der Waals surface area (Å²) in [6.45, 7) is 1.48. The fraction of sp³-hybridized carbons (Fsp3) is 0.484. The first-order valence-corrected chi connectivity index (χ1v) is 15.5. The number of carboxylic acids is 1. The molecule has 0 unspecified atom stereocenters. The molecule has 0 radical (unpaired) electrons. The molecule has 2 aliphatic rings. The molecule has 3 N–H and O–H groups in total. The van der Waals surface area contributed by atoms with E-state index in [4.69, 9.17) is 28.8 Å². The number of alkyl halides is 3. The quantitative estimate of drug-likeness (QED) is 0.117. The van der Waals surface area contributed by atoms with Gasteiger partial charge in [-0.05, 0) is 46.5 Å². The van der Waals surface area contributed by atoms with E-state index in [-0.39, 0.29) is 37.0 Å². The Morgan fingerprint density at radius 1 is 1.08 bits per heavy atom. The number of carbonyl (C=O) groups excluding carboxylic acids is 4. The zero-order valence-corrected chi connectivity index (χ0v) is 28.1. The molecule has 3 amide bonds. The predicted octanol–water partition coefficient (Wildman–Crippen LogP) is 1.84. The van der Waals surface area contributed by atoms with Gasteiger partial charge in [0.25, 0.3) is 17.7 Å². The smallest absolute Gasteiger partial charge is 0.475 e. The Balaban J connectivity index is 0.000000944. The second-order valence-corrected chi connectivity index (χ2v) is 11.6.